The first-order valence-electron chi connectivity index (χ1n) is 20.8. The predicted molar refractivity (Wildman–Crippen MR) is 249 cm³/mol. The van der Waals surface area contributed by atoms with Crippen molar-refractivity contribution in [1.29, 1.82) is 0 Å². The molecule has 0 spiro atoms. The van der Waals surface area contributed by atoms with Crippen LogP contribution in [0.2, 0.25) is 0 Å². The molecular formula is C53H51N7. The topological polar surface area (TPSA) is 69.9 Å². The molecule has 6 aromatic carbocycles. The molecule has 7 nitrogen and oxygen atoms in total. The summed E-state index contributed by atoms with van der Waals surface area (Å²) in [5, 5.41) is 0. The van der Waals surface area contributed by atoms with Crippen molar-refractivity contribution in [2.45, 2.75) is 77.5 Å². The fraction of sp³-hybridized carbons (Fsp3) is 0.226. The Morgan fingerprint density at radius 3 is 0.900 bits per heavy atom. The van der Waals surface area contributed by atoms with Crippen molar-refractivity contribution in [2.24, 2.45) is 9.98 Å². The molecule has 0 amide bonds. The van der Waals surface area contributed by atoms with Crippen LogP contribution in [0, 0.1) is 0 Å². The van der Waals surface area contributed by atoms with Crippen molar-refractivity contribution < 1.29 is 0 Å². The second-order valence-corrected chi connectivity index (χ2v) is 17.9. The molecule has 2 aliphatic heterocycles. The van der Waals surface area contributed by atoms with Crippen LogP contribution in [0.4, 0.5) is 11.4 Å². The smallest absolute Gasteiger partial charge is 0.164 e. The van der Waals surface area contributed by atoms with E-state index in [0.29, 0.717) is 17.5 Å². The molecule has 7 aromatic rings. The average molecular weight is 786 g/mol. The van der Waals surface area contributed by atoms with E-state index in [2.05, 4.69) is 223 Å². The SMILES string of the molecule is CC1(C)N=C(c2ccc(-c3nc(-c4ccc(C5=NC(C)(C)C(C)(C)N5c5ccccc5)cc4)nc(-c4ccc(-c5ccccc5)cc4)n3)cc2)N(c2ccccc2)C1(C)C. The van der Waals surface area contributed by atoms with Crippen LogP contribution < -0.4 is 9.80 Å². The first-order chi connectivity index (χ1) is 28.7. The van der Waals surface area contributed by atoms with Crippen LogP contribution in [-0.2, 0) is 0 Å². The van der Waals surface area contributed by atoms with Crippen LogP contribution in [0.15, 0.2) is 174 Å². The van der Waals surface area contributed by atoms with E-state index in [4.69, 9.17) is 24.9 Å². The van der Waals surface area contributed by atoms with Crippen LogP contribution in [0.25, 0.3) is 45.3 Å². The van der Waals surface area contributed by atoms with Gasteiger partial charge in [-0.15, -0.1) is 0 Å². The monoisotopic (exact) mass is 785 g/mol. The maximum atomic E-state index is 5.30. The zero-order chi connectivity index (χ0) is 41.9. The molecule has 3 heterocycles. The number of anilines is 2. The predicted octanol–water partition coefficient (Wildman–Crippen LogP) is 12.2. The zero-order valence-electron chi connectivity index (χ0n) is 35.7. The molecule has 9 rings (SSSR count). The highest BCUT2D eigenvalue weighted by atomic mass is 15.3. The van der Waals surface area contributed by atoms with Gasteiger partial charge in [0, 0.05) is 39.2 Å². The highest BCUT2D eigenvalue weighted by molar-refractivity contribution is 6.14. The first kappa shape index (κ1) is 38.8. The van der Waals surface area contributed by atoms with Crippen LogP contribution in [0.3, 0.4) is 0 Å². The minimum atomic E-state index is -0.308. The van der Waals surface area contributed by atoms with E-state index in [1.54, 1.807) is 0 Å². The first-order valence-corrected chi connectivity index (χ1v) is 20.8. The van der Waals surface area contributed by atoms with Gasteiger partial charge in [0.2, 0.25) is 0 Å². The molecule has 0 N–H and O–H groups in total. The van der Waals surface area contributed by atoms with Gasteiger partial charge >= 0.3 is 0 Å². The van der Waals surface area contributed by atoms with Gasteiger partial charge < -0.3 is 9.80 Å². The van der Waals surface area contributed by atoms with E-state index in [-0.39, 0.29) is 22.2 Å². The van der Waals surface area contributed by atoms with Gasteiger partial charge in [-0.1, -0.05) is 140 Å². The maximum absolute atomic E-state index is 5.30. The molecule has 60 heavy (non-hydrogen) atoms. The number of aromatic nitrogens is 3. The number of amidine groups is 2. The molecule has 2 aliphatic rings. The second-order valence-electron chi connectivity index (χ2n) is 17.9. The molecule has 0 saturated heterocycles. The van der Waals surface area contributed by atoms with Gasteiger partial charge in [0.25, 0.3) is 0 Å². The number of rotatable bonds is 8. The highest BCUT2D eigenvalue weighted by Crippen LogP contribution is 2.44. The minimum Gasteiger partial charge on any atom is -0.318 e. The Morgan fingerprint density at radius 1 is 0.300 bits per heavy atom. The molecule has 0 saturated carbocycles. The molecular weight excluding hydrogens is 735 g/mol. The second kappa shape index (κ2) is 14.5. The number of para-hydroxylation sites is 2. The maximum Gasteiger partial charge on any atom is 0.164 e. The number of hydrogen-bond donors (Lipinski definition) is 0. The van der Waals surface area contributed by atoms with E-state index >= 15 is 0 Å². The van der Waals surface area contributed by atoms with Gasteiger partial charge in [-0.3, -0.25) is 9.98 Å². The molecule has 0 fully saturated rings. The Hall–Kier alpha value is -6.73. The lowest BCUT2D eigenvalue weighted by atomic mass is 9.83. The summed E-state index contributed by atoms with van der Waals surface area (Å²) in [5.41, 5.74) is 8.20. The van der Waals surface area contributed by atoms with Gasteiger partial charge in [-0.2, -0.15) is 0 Å². The van der Waals surface area contributed by atoms with Crippen LogP contribution in [-0.4, -0.2) is 48.8 Å². The third-order valence-electron chi connectivity index (χ3n) is 13.0. The summed E-state index contributed by atoms with van der Waals surface area (Å²) >= 11 is 0. The molecule has 7 heteroatoms. The summed E-state index contributed by atoms with van der Waals surface area (Å²) in [7, 11) is 0. The molecule has 0 radical (unpaired) electrons. The summed E-state index contributed by atoms with van der Waals surface area (Å²) < 4.78 is 0. The van der Waals surface area contributed by atoms with Gasteiger partial charge in [-0.25, -0.2) is 15.0 Å². The average Bonchev–Trinajstić information content (AvgIpc) is 3.59. The Balaban J connectivity index is 1.10. The summed E-state index contributed by atoms with van der Waals surface area (Å²) in [6, 6.07) is 56.9. The summed E-state index contributed by atoms with van der Waals surface area (Å²) in [6.45, 7) is 17.9. The normalized spacial score (nSPS) is 17.3. The number of hydrogen-bond acceptors (Lipinski definition) is 7. The Labute approximate surface area is 354 Å². The highest BCUT2D eigenvalue weighted by Gasteiger charge is 2.50. The van der Waals surface area contributed by atoms with Crippen molar-refractivity contribution in [2.75, 3.05) is 9.80 Å². The lowest BCUT2D eigenvalue weighted by molar-refractivity contribution is 0.338. The van der Waals surface area contributed by atoms with Crippen LogP contribution in [0.1, 0.15) is 66.5 Å². The quantitative estimate of drug-likeness (QED) is 0.153. The molecule has 0 aliphatic carbocycles. The summed E-state index contributed by atoms with van der Waals surface area (Å²) in [5.74, 6) is 3.71. The van der Waals surface area contributed by atoms with Gasteiger partial charge in [-0.05, 0) is 90.8 Å². The molecule has 0 atom stereocenters. The van der Waals surface area contributed by atoms with E-state index < -0.39 is 0 Å². The standard InChI is InChI=1S/C53H51N7/c1-50(2)52(5,6)59(43-20-14-10-15-21-43)48(57-50)41-32-28-39(29-33-41)46-54-45(38-26-24-37(25-27-38)36-18-12-9-13-19-36)55-47(56-46)40-30-34-42(35-31-40)49-58-51(3,4)53(7,8)60(49)44-22-16-11-17-23-44/h9-35H,1-8H3. The number of nitrogens with zero attached hydrogens (tertiary/aromatic N) is 7. The zero-order valence-corrected chi connectivity index (χ0v) is 35.7. The lowest BCUT2D eigenvalue weighted by Crippen LogP contribution is -2.53. The Kier molecular flexibility index (Phi) is 9.38. The lowest BCUT2D eigenvalue weighted by Gasteiger charge is -2.41. The van der Waals surface area contributed by atoms with Crippen molar-refractivity contribution in [3.05, 3.63) is 175 Å². The van der Waals surface area contributed by atoms with Crippen molar-refractivity contribution in [3.63, 3.8) is 0 Å². The molecule has 0 bridgehead atoms. The summed E-state index contributed by atoms with van der Waals surface area (Å²) in [6.07, 6.45) is 0. The van der Waals surface area contributed by atoms with Crippen molar-refractivity contribution in [1.82, 2.24) is 15.0 Å². The fourth-order valence-corrected chi connectivity index (χ4v) is 8.15. The molecule has 298 valence electrons. The van der Waals surface area contributed by atoms with E-state index in [1.807, 2.05) is 6.07 Å². The third kappa shape index (κ3) is 6.68. The number of benzene rings is 6. The minimum absolute atomic E-state index is 0.247. The Bertz CT molecular complexity index is 2570. The van der Waals surface area contributed by atoms with E-state index in [9.17, 15) is 0 Å². The Morgan fingerprint density at radius 2 is 0.567 bits per heavy atom. The van der Waals surface area contributed by atoms with Gasteiger partial charge in [0.15, 0.2) is 17.5 Å². The van der Waals surface area contributed by atoms with E-state index in [0.717, 1.165) is 62.0 Å². The van der Waals surface area contributed by atoms with Crippen molar-refractivity contribution >= 4 is 23.0 Å². The van der Waals surface area contributed by atoms with Gasteiger partial charge in [0.1, 0.15) is 11.7 Å². The van der Waals surface area contributed by atoms with Crippen LogP contribution in [0.5, 0.6) is 0 Å². The van der Waals surface area contributed by atoms with Crippen molar-refractivity contribution in [3.8, 4) is 45.3 Å². The van der Waals surface area contributed by atoms with Gasteiger partial charge in [0.05, 0.1) is 22.2 Å². The number of aliphatic imine (C=N–C) groups is 2. The summed E-state index contributed by atoms with van der Waals surface area (Å²) in [4.78, 5) is 30.7. The molecule has 0 unspecified atom stereocenters. The fourth-order valence-electron chi connectivity index (χ4n) is 8.15. The van der Waals surface area contributed by atoms with Crippen LogP contribution >= 0.6 is 0 Å². The third-order valence-corrected chi connectivity index (χ3v) is 13.0. The molecule has 1 aromatic heterocycles. The van der Waals surface area contributed by atoms with E-state index in [1.165, 1.54) is 0 Å². The largest absolute Gasteiger partial charge is 0.318 e.